The predicted molar refractivity (Wildman–Crippen MR) is 126 cm³/mol. The second kappa shape index (κ2) is 16.6. The number of amides is 2. The monoisotopic (exact) mass is 478 g/mol. The summed E-state index contributed by atoms with van der Waals surface area (Å²) in [5.74, 6) is -2.90. The molecule has 2 amide bonds. The van der Waals surface area contributed by atoms with Crippen molar-refractivity contribution in [1.82, 2.24) is 10.6 Å². The van der Waals surface area contributed by atoms with Crippen molar-refractivity contribution < 1.29 is 33.8 Å². The van der Waals surface area contributed by atoms with Gasteiger partial charge in [0.1, 0.15) is 6.61 Å². The molecule has 0 fully saturated rings. The first kappa shape index (κ1) is 29.1. The molecule has 0 radical (unpaired) electrons. The highest BCUT2D eigenvalue weighted by atomic mass is 16.5. The Morgan fingerprint density at radius 3 is 2.32 bits per heavy atom. The van der Waals surface area contributed by atoms with Gasteiger partial charge in [-0.15, -0.1) is 0 Å². The highest BCUT2D eigenvalue weighted by Gasteiger charge is 2.31. The molecule has 190 valence electrons. The number of benzene rings is 1. The van der Waals surface area contributed by atoms with E-state index in [0.29, 0.717) is 6.54 Å². The molecule has 1 unspecified atom stereocenters. The van der Waals surface area contributed by atoms with E-state index in [0.717, 1.165) is 31.2 Å². The first-order valence-electron chi connectivity index (χ1n) is 11.8. The van der Waals surface area contributed by atoms with E-state index >= 15 is 0 Å². The molecular formula is C25H38N2O7. The molecule has 0 aliphatic heterocycles. The van der Waals surface area contributed by atoms with Gasteiger partial charge in [0.25, 0.3) is 0 Å². The number of hydrogen-bond donors (Lipinski definition) is 3. The number of methoxy groups -OCH3 is 1. The maximum atomic E-state index is 12.8. The second-order valence-electron chi connectivity index (χ2n) is 8.29. The summed E-state index contributed by atoms with van der Waals surface area (Å²) < 4.78 is 9.94. The molecule has 9 heteroatoms. The van der Waals surface area contributed by atoms with Crippen LogP contribution < -0.4 is 10.6 Å². The van der Waals surface area contributed by atoms with Gasteiger partial charge in [0.15, 0.2) is 0 Å². The molecule has 0 heterocycles. The smallest absolute Gasteiger partial charge is 0.307 e. The van der Waals surface area contributed by atoms with Gasteiger partial charge in [-0.25, -0.2) is 0 Å². The average Bonchev–Trinajstić information content (AvgIpc) is 2.81. The molecule has 0 saturated heterocycles. The van der Waals surface area contributed by atoms with E-state index in [2.05, 4.69) is 22.3 Å². The van der Waals surface area contributed by atoms with Crippen molar-refractivity contribution in [2.75, 3.05) is 13.7 Å². The van der Waals surface area contributed by atoms with Crippen LogP contribution in [0.15, 0.2) is 30.3 Å². The van der Waals surface area contributed by atoms with E-state index in [1.165, 1.54) is 14.0 Å². The topological polar surface area (TPSA) is 131 Å². The van der Waals surface area contributed by atoms with E-state index < -0.39 is 35.9 Å². The summed E-state index contributed by atoms with van der Waals surface area (Å²) in [6, 6.07) is 8.21. The number of rotatable bonds is 16. The zero-order valence-electron chi connectivity index (χ0n) is 20.4. The molecule has 0 aliphatic carbocycles. The van der Waals surface area contributed by atoms with E-state index in [1.54, 1.807) is 0 Å². The SMILES string of the molecule is CCCCCCNC(=O)[C@H](CC(=O)OCc1ccccc1)CC(O)[C@@H](CC(=O)OC)NC(C)=O. The third-order valence-electron chi connectivity index (χ3n) is 5.35. The van der Waals surface area contributed by atoms with Crippen molar-refractivity contribution in [3.63, 3.8) is 0 Å². The quantitative estimate of drug-likeness (QED) is 0.245. The maximum absolute atomic E-state index is 12.8. The van der Waals surface area contributed by atoms with Gasteiger partial charge < -0.3 is 25.2 Å². The summed E-state index contributed by atoms with van der Waals surface area (Å²) >= 11 is 0. The lowest BCUT2D eigenvalue weighted by atomic mass is 9.92. The zero-order chi connectivity index (χ0) is 25.3. The summed E-state index contributed by atoms with van der Waals surface area (Å²) in [7, 11) is 1.21. The van der Waals surface area contributed by atoms with Gasteiger partial charge in [-0.05, 0) is 18.4 Å². The minimum atomic E-state index is -1.25. The molecule has 34 heavy (non-hydrogen) atoms. The fraction of sp³-hybridized carbons (Fsp3) is 0.600. The maximum Gasteiger partial charge on any atom is 0.307 e. The lowest BCUT2D eigenvalue weighted by Crippen LogP contribution is -2.46. The van der Waals surface area contributed by atoms with Crippen LogP contribution in [0.3, 0.4) is 0 Å². The number of carbonyl (C=O) groups excluding carboxylic acids is 4. The number of aliphatic hydroxyl groups is 1. The molecule has 9 nitrogen and oxygen atoms in total. The third-order valence-corrected chi connectivity index (χ3v) is 5.35. The van der Waals surface area contributed by atoms with Gasteiger partial charge in [0.05, 0.1) is 38.0 Å². The molecule has 3 atom stereocenters. The van der Waals surface area contributed by atoms with Crippen LogP contribution >= 0.6 is 0 Å². The second-order valence-corrected chi connectivity index (χ2v) is 8.29. The van der Waals surface area contributed by atoms with Gasteiger partial charge in [-0.3, -0.25) is 19.2 Å². The fourth-order valence-electron chi connectivity index (χ4n) is 3.45. The lowest BCUT2D eigenvalue weighted by molar-refractivity contribution is -0.149. The number of carbonyl (C=O) groups is 4. The van der Waals surface area contributed by atoms with Crippen molar-refractivity contribution in [1.29, 1.82) is 0 Å². The molecule has 0 saturated carbocycles. The zero-order valence-corrected chi connectivity index (χ0v) is 20.4. The van der Waals surface area contributed by atoms with Crippen LogP contribution in [-0.4, -0.2) is 54.7 Å². The summed E-state index contributed by atoms with van der Waals surface area (Å²) in [5, 5.41) is 16.1. The predicted octanol–water partition coefficient (Wildman–Crippen LogP) is 2.25. The van der Waals surface area contributed by atoms with Gasteiger partial charge in [-0.1, -0.05) is 56.5 Å². The van der Waals surface area contributed by atoms with Crippen LogP contribution in [0, 0.1) is 5.92 Å². The average molecular weight is 479 g/mol. The molecule has 1 aromatic rings. The third kappa shape index (κ3) is 12.3. The first-order chi connectivity index (χ1) is 16.3. The van der Waals surface area contributed by atoms with Crippen molar-refractivity contribution in [2.24, 2.45) is 5.92 Å². The minimum absolute atomic E-state index is 0.0739. The standard InChI is InChI=1S/C25H38N2O7/c1-4-5-6-10-13-26-25(32)20(15-24(31)34-17-19-11-8-7-9-12-19)14-22(29)21(27-18(2)28)16-23(30)33-3/h7-9,11-12,20-22,29H,4-6,10,13-17H2,1-3H3,(H,26,32)(H,27,28)/t20-,21+,22?/m0/s1. The number of unbranched alkanes of at least 4 members (excludes halogenated alkanes) is 3. The van der Waals surface area contributed by atoms with Gasteiger partial charge >= 0.3 is 11.9 Å². The Kier molecular flexibility index (Phi) is 14.2. The van der Waals surface area contributed by atoms with Crippen molar-refractivity contribution in [3.05, 3.63) is 35.9 Å². The molecule has 0 aromatic heterocycles. The van der Waals surface area contributed by atoms with Crippen LogP contribution in [-0.2, 0) is 35.3 Å². The summed E-state index contributed by atoms with van der Waals surface area (Å²) in [4.78, 5) is 48.6. The van der Waals surface area contributed by atoms with E-state index in [-0.39, 0.29) is 31.8 Å². The molecule has 3 N–H and O–H groups in total. The lowest BCUT2D eigenvalue weighted by Gasteiger charge is -2.26. The van der Waals surface area contributed by atoms with E-state index in [9.17, 15) is 24.3 Å². The minimum Gasteiger partial charge on any atom is -0.469 e. The highest BCUT2D eigenvalue weighted by molar-refractivity contribution is 5.83. The van der Waals surface area contributed by atoms with Crippen LogP contribution in [0.5, 0.6) is 0 Å². The van der Waals surface area contributed by atoms with Crippen molar-refractivity contribution >= 4 is 23.8 Å². The van der Waals surface area contributed by atoms with Gasteiger partial charge in [-0.2, -0.15) is 0 Å². The first-order valence-corrected chi connectivity index (χ1v) is 11.8. The molecule has 1 aromatic carbocycles. The van der Waals surface area contributed by atoms with Gasteiger partial charge in [0.2, 0.25) is 11.8 Å². The highest BCUT2D eigenvalue weighted by Crippen LogP contribution is 2.18. The molecule has 0 bridgehead atoms. The molecule has 1 rings (SSSR count). The number of hydrogen-bond acceptors (Lipinski definition) is 7. The Morgan fingerprint density at radius 2 is 1.71 bits per heavy atom. The normalized spacial score (nSPS) is 13.3. The number of aliphatic hydroxyl groups excluding tert-OH is 1. The number of nitrogens with one attached hydrogen (secondary N) is 2. The Labute approximate surface area is 201 Å². The fourth-order valence-corrected chi connectivity index (χ4v) is 3.45. The van der Waals surface area contributed by atoms with Crippen LogP contribution in [0.2, 0.25) is 0 Å². The Bertz CT molecular complexity index is 770. The summed E-state index contributed by atoms with van der Waals surface area (Å²) in [6.07, 6.45) is 2.04. The van der Waals surface area contributed by atoms with Gasteiger partial charge in [0, 0.05) is 13.5 Å². The molecule has 0 spiro atoms. The summed E-state index contributed by atoms with van der Waals surface area (Å²) in [6.45, 7) is 3.89. The molecular weight excluding hydrogens is 440 g/mol. The van der Waals surface area contributed by atoms with Crippen LogP contribution in [0.25, 0.3) is 0 Å². The van der Waals surface area contributed by atoms with Crippen molar-refractivity contribution in [2.45, 2.75) is 77.5 Å². The Hall–Kier alpha value is -2.94. The van der Waals surface area contributed by atoms with Crippen molar-refractivity contribution in [3.8, 4) is 0 Å². The molecule has 0 aliphatic rings. The van der Waals surface area contributed by atoms with Crippen LogP contribution in [0.4, 0.5) is 0 Å². The van der Waals surface area contributed by atoms with Crippen LogP contribution in [0.1, 0.15) is 64.4 Å². The Morgan fingerprint density at radius 1 is 1.00 bits per heavy atom. The largest absolute Gasteiger partial charge is 0.469 e. The number of esters is 2. The van der Waals surface area contributed by atoms with E-state index in [4.69, 9.17) is 4.74 Å². The Balaban J connectivity index is 2.82. The number of ether oxygens (including phenoxy) is 2. The van der Waals surface area contributed by atoms with E-state index in [1.807, 2.05) is 30.3 Å². The summed E-state index contributed by atoms with van der Waals surface area (Å²) in [5.41, 5.74) is 0.816.